The quantitative estimate of drug-likeness (QED) is 0.253. The van der Waals surface area contributed by atoms with E-state index in [1.165, 1.54) is 6.07 Å². The Labute approximate surface area is 261 Å². The highest BCUT2D eigenvalue weighted by Gasteiger charge is 2.35. The Kier molecular flexibility index (Phi) is 8.07. The van der Waals surface area contributed by atoms with Gasteiger partial charge in [0.2, 0.25) is 0 Å². The largest absolute Gasteiger partial charge is 0.490 e. The van der Waals surface area contributed by atoms with Crippen molar-refractivity contribution in [1.82, 2.24) is 19.7 Å². The third-order valence-electron chi connectivity index (χ3n) is 8.68. The minimum atomic E-state index is -1.36. The maximum absolute atomic E-state index is 15.7. The molecule has 6 rings (SSSR count). The first-order valence-electron chi connectivity index (χ1n) is 15.3. The molecule has 0 bridgehead atoms. The third-order valence-corrected chi connectivity index (χ3v) is 8.68. The van der Waals surface area contributed by atoms with Crippen molar-refractivity contribution in [3.63, 3.8) is 0 Å². The van der Waals surface area contributed by atoms with Gasteiger partial charge in [0, 0.05) is 48.5 Å². The van der Waals surface area contributed by atoms with Gasteiger partial charge >= 0.3 is 12.0 Å². The second-order valence-electron chi connectivity index (χ2n) is 12.9. The standard InChI is InChI=1S/C33H40FN5O6/c1-17-20-11-9-13-43-27(20)23(34)14-21(17)26-22-15-24(30-36-37-32(44-30)39-12-8-10-19(39)16-42-7)38(6)29(22)35-18(2)25(26)28(31(40)41)45-33(3,4)5/h14-15,19,28H,8-13,16H2,1-7H3,(H,40,41)/t19-,28+/m1/s1. The highest BCUT2D eigenvalue weighted by Crippen LogP contribution is 2.45. The predicted octanol–water partition coefficient (Wildman–Crippen LogP) is 5.93. The van der Waals surface area contributed by atoms with Crippen LogP contribution in [0.3, 0.4) is 0 Å². The number of hydrogen-bond acceptors (Lipinski definition) is 9. The molecule has 0 amide bonds. The Balaban J connectivity index is 1.59. The van der Waals surface area contributed by atoms with E-state index < -0.39 is 23.5 Å². The first kappa shape index (κ1) is 31.0. The molecular weight excluding hydrogens is 581 g/mol. The van der Waals surface area contributed by atoms with E-state index in [0.717, 1.165) is 36.9 Å². The summed E-state index contributed by atoms with van der Waals surface area (Å²) in [5.41, 5.74) is 3.91. The molecule has 2 aliphatic rings. The molecule has 0 saturated carbocycles. The lowest BCUT2D eigenvalue weighted by atomic mass is 9.86. The van der Waals surface area contributed by atoms with Crippen LogP contribution in [0.1, 0.15) is 68.5 Å². The van der Waals surface area contributed by atoms with E-state index in [0.29, 0.717) is 70.7 Å². The van der Waals surface area contributed by atoms with Gasteiger partial charge in [0.1, 0.15) is 11.3 Å². The molecule has 1 fully saturated rings. The number of benzene rings is 1. The molecule has 0 unspecified atom stereocenters. The second-order valence-corrected chi connectivity index (χ2v) is 12.9. The second kappa shape index (κ2) is 11.7. The summed E-state index contributed by atoms with van der Waals surface area (Å²) in [5.74, 6) is -1.10. The molecule has 1 saturated heterocycles. The van der Waals surface area contributed by atoms with Gasteiger partial charge in [0.15, 0.2) is 17.7 Å². The molecule has 0 radical (unpaired) electrons. The van der Waals surface area contributed by atoms with Gasteiger partial charge < -0.3 is 33.2 Å². The van der Waals surface area contributed by atoms with E-state index >= 15 is 4.39 Å². The van der Waals surface area contributed by atoms with Crippen molar-refractivity contribution in [2.45, 2.75) is 78.0 Å². The van der Waals surface area contributed by atoms with E-state index in [1.807, 2.05) is 24.6 Å². The summed E-state index contributed by atoms with van der Waals surface area (Å²) >= 11 is 0. The summed E-state index contributed by atoms with van der Waals surface area (Å²) in [4.78, 5) is 19.8. The van der Waals surface area contributed by atoms with Crippen LogP contribution in [0.5, 0.6) is 5.75 Å². The zero-order chi connectivity index (χ0) is 32.2. The number of methoxy groups -OCH3 is 1. The number of aliphatic carboxylic acids is 1. The van der Waals surface area contributed by atoms with Gasteiger partial charge in [-0.05, 0) is 83.6 Å². The number of carboxylic acids is 1. The number of fused-ring (bicyclic) bond motifs is 2. The SMILES string of the molecule is COC[C@H]1CCCN1c1nnc(-c2cc3c(-c4cc(F)c5c(c4C)CCCO5)c([C@H](OC(C)(C)C)C(=O)O)c(C)nc3n2C)o1. The Bertz CT molecular complexity index is 1770. The number of pyridine rings is 1. The fourth-order valence-corrected chi connectivity index (χ4v) is 6.67. The molecule has 11 nitrogen and oxygen atoms in total. The predicted molar refractivity (Wildman–Crippen MR) is 166 cm³/mol. The van der Waals surface area contributed by atoms with Gasteiger partial charge in [-0.2, -0.15) is 0 Å². The van der Waals surface area contributed by atoms with Gasteiger partial charge in [-0.15, -0.1) is 5.10 Å². The van der Waals surface area contributed by atoms with Crippen molar-refractivity contribution >= 4 is 23.0 Å². The van der Waals surface area contributed by atoms with Gasteiger partial charge in [-0.1, -0.05) is 5.10 Å². The fourth-order valence-electron chi connectivity index (χ4n) is 6.67. The van der Waals surface area contributed by atoms with Crippen LogP contribution < -0.4 is 9.64 Å². The number of rotatable bonds is 8. The molecule has 1 N–H and O–H groups in total. The normalized spacial score (nSPS) is 17.5. The van der Waals surface area contributed by atoms with Crippen LogP contribution in [0.4, 0.5) is 10.4 Å². The Morgan fingerprint density at radius 1 is 1.22 bits per heavy atom. The van der Waals surface area contributed by atoms with E-state index in [4.69, 9.17) is 23.6 Å². The van der Waals surface area contributed by atoms with Crippen molar-refractivity contribution in [2.24, 2.45) is 7.05 Å². The van der Waals surface area contributed by atoms with E-state index in [1.54, 1.807) is 34.8 Å². The minimum Gasteiger partial charge on any atom is -0.490 e. The molecule has 2 aliphatic heterocycles. The molecule has 0 aliphatic carbocycles. The van der Waals surface area contributed by atoms with Crippen molar-refractivity contribution in [3.8, 4) is 28.5 Å². The molecule has 0 spiro atoms. The lowest BCUT2D eigenvalue weighted by molar-refractivity contribution is -0.160. The van der Waals surface area contributed by atoms with Gasteiger partial charge in [0.05, 0.1) is 24.9 Å². The van der Waals surface area contributed by atoms with Crippen molar-refractivity contribution in [3.05, 3.63) is 40.3 Å². The minimum absolute atomic E-state index is 0.149. The number of nitrogens with zero attached hydrogens (tertiary/aromatic N) is 5. The summed E-state index contributed by atoms with van der Waals surface area (Å²) in [6.07, 6.45) is 2.02. The Morgan fingerprint density at radius 3 is 2.71 bits per heavy atom. The van der Waals surface area contributed by atoms with Crippen LogP contribution in [0.2, 0.25) is 0 Å². The number of ether oxygens (including phenoxy) is 3. The lowest BCUT2D eigenvalue weighted by Gasteiger charge is -2.29. The smallest absolute Gasteiger partial charge is 0.337 e. The lowest BCUT2D eigenvalue weighted by Crippen LogP contribution is -2.32. The van der Waals surface area contributed by atoms with Crippen molar-refractivity contribution in [2.75, 3.05) is 31.8 Å². The highest BCUT2D eigenvalue weighted by atomic mass is 19.1. The number of hydrogen-bond donors (Lipinski definition) is 1. The van der Waals surface area contributed by atoms with Gasteiger partial charge in [-0.25, -0.2) is 14.2 Å². The molecular formula is C33H40FN5O6. The van der Waals surface area contributed by atoms with E-state index in [2.05, 4.69) is 15.1 Å². The number of carbonyl (C=O) groups is 1. The van der Waals surface area contributed by atoms with Crippen LogP contribution in [0.15, 0.2) is 16.5 Å². The monoisotopic (exact) mass is 621 g/mol. The first-order chi connectivity index (χ1) is 21.4. The molecule has 240 valence electrons. The van der Waals surface area contributed by atoms with Crippen LogP contribution >= 0.6 is 0 Å². The van der Waals surface area contributed by atoms with Crippen LogP contribution in [-0.2, 0) is 27.7 Å². The summed E-state index contributed by atoms with van der Waals surface area (Å²) in [6.45, 7) is 10.9. The average molecular weight is 622 g/mol. The molecule has 3 aromatic heterocycles. The highest BCUT2D eigenvalue weighted by molar-refractivity contribution is 6.01. The topological polar surface area (TPSA) is 125 Å². The number of anilines is 1. The van der Waals surface area contributed by atoms with E-state index in [9.17, 15) is 9.90 Å². The number of aryl methyl sites for hydroxylation is 2. The summed E-state index contributed by atoms with van der Waals surface area (Å²) in [6, 6.07) is 3.86. The summed E-state index contributed by atoms with van der Waals surface area (Å²) in [5, 5.41) is 19.8. The first-order valence-corrected chi connectivity index (χ1v) is 15.3. The third kappa shape index (κ3) is 5.54. The molecule has 4 aromatic rings. The fraction of sp³-hybridized carbons (Fsp3) is 0.515. The summed E-state index contributed by atoms with van der Waals surface area (Å²) < 4.78 is 41.0. The van der Waals surface area contributed by atoms with Gasteiger partial charge in [-0.3, -0.25) is 0 Å². The number of halogens is 1. The molecule has 2 atom stereocenters. The summed E-state index contributed by atoms with van der Waals surface area (Å²) in [7, 11) is 3.52. The molecule has 45 heavy (non-hydrogen) atoms. The Hall–Kier alpha value is -4.03. The van der Waals surface area contributed by atoms with Gasteiger partial charge in [0.25, 0.3) is 5.89 Å². The van der Waals surface area contributed by atoms with Crippen LogP contribution in [0, 0.1) is 19.7 Å². The van der Waals surface area contributed by atoms with Crippen LogP contribution in [0.25, 0.3) is 33.7 Å². The molecule has 1 aromatic carbocycles. The zero-order valence-corrected chi connectivity index (χ0v) is 26.9. The number of carboxylic acid groups (broad SMARTS) is 1. The zero-order valence-electron chi connectivity index (χ0n) is 26.9. The number of aromatic nitrogens is 4. The van der Waals surface area contributed by atoms with E-state index in [-0.39, 0.29) is 11.8 Å². The average Bonchev–Trinajstić information content (AvgIpc) is 3.72. The van der Waals surface area contributed by atoms with Crippen molar-refractivity contribution in [1.29, 1.82) is 0 Å². The molecule has 12 heteroatoms. The maximum Gasteiger partial charge on any atom is 0.337 e. The maximum atomic E-state index is 15.7. The van der Waals surface area contributed by atoms with Crippen LogP contribution in [-0.4, -0.2) is 69.3 Å². The Morgan fingerprint density at radius 2 is 2.00 bits per heavy atom. The van der Waals surface area contributed by atoms with Crippen molar-refractivity contribution < 1.29 is 32.9 Å². The molecule has 5 heterocycles.